The molecule has 0 radical (unpaired) electrons. The third-order valence-electron chi connectivity index (χ3n) is 5.61. The number of nitrogens with zero attached hydrogens (tertiary/aromatic N) is 1. The van der Waals surface area contributed by atoms with Crippen molar-refractivity contribution in [2.24, 2.45) is 0 Å². The van der Waals surface area contributed by atoms with E-state index in [4.69, 9.17) is 9.47 Å². The van der Waals surface area contributed by atoms with Crippen LogP contribution >= 0.6 is 15.9 Å². The number of halogens is 1. The topological polar surface area (TPSA) is 38.8 Å². The van der Waals surface area contributed by atoms with E-state index in [0.717, 1.165) is 15.8 Å². The number of hydrogen-bond acceptors (Lipinski definition) is 4. The normalized spacial score (nSPS) is 12.9. The highest BCUT2D eigenvalue weighted by molar-refractivity contribution is 9.10. The van der Waals surface area contributed by atoms with Crippen LogP contribution in [0.15, 0.2) is 83.3 Å². The Balaban J connectivity index is 2.06. The molecule has 2 atom stereocenters. The van der Waals surface area contributed by atoms with Gasteiger partial charge in [-0.15, -0.1) is 0 Å². The molecule has 4 nitrogen and oxygen atoms in total. The molecular formula is C27H30BrNO3. The van der Waals surface area contributed by atoms with E-state index in [-0.39, 0.29) is 24.5 Å². The van der Waals surface area contributed by atoms with E-state index in [1.165, 1.54) is 11.1 Å². The summed E-state index contributed by atoms with van der Waals surface area (Å²) < 4.78 is 11.6. The molecule has 5 heteroatoms. The number of carbonyl (C=O) groups is 1. The SMILES string of the molecule is CCOC(=O)C[C@@H](c1ccc(OC)c(Br)c1)N(Cc1ccccc1)[C@H](C)c1ccccc1. The molecule has 3 aromatic rings. The molecule has 0 saturated heterocycles. The number of carbonyl (C=O) groups excluding carboxylic acids is 1. The van der Waals surface area contributed by atoms with Gasteiger partial charge in [-0.2, -0.15) is 0 Å². The maximum Gasteiger partial charge on any atom is 0.307 e. The summed E-state index contributed by atoms with van der Waals surface area (Å²) in [6.45, 7) is 5.09. The monoisotopic (exact) mass is 495 g/mol. The summed E-state index contributed by atoms with van der Waals surface area (Å²) in [4.78, 5) is 15.0. The summed E-state index contributed by atoms with van der Waals surface area (Å²) in [6.07, 6.45) is 0.261. The molecule has 0 amide bonds. The molecule has 0 N–H and O–H groups in total. The fourth-order valence-corrected chi connectivity index (χ4v) is 4.49. The highest BCUT2D eigenvalue weighted by atomic mass is 79.9. The molecule has 0 aromatic heterocycles. The summed E-state index contributed by atoms with van der Waals surface area (Å²) >= 11 is 3.61. The molecule has 0 bridgehead atoms. The molecule has 0 aliphatic heterocycles. The van der Waals surface area contributed by atoms with Crippen molar-refractivity contribution in [3.05, 3.63) is 100 Å². The van der Waals surface area contributed by atoms with Gasteiger partial charge < -0.3 is 9.47 Å². The Morgan fingerprint density at radius 1 is 0.969 bits per heavy atom. The molecule has 3 rings (SSSR count). The molecule has 0 fully saturated rings. The molecule has 0 aliphatic rings. The molecule has 0 saturated carbocycles. The zero-order valence-electron chi connectivity index (χ0n) is 18.8. The van der Waals surface area contributed by atoms with E-state index >= 15 is 0 Å². The van der Waals surface area contributed by atoms with Crippen LogP contribution in [0.3, 0.4) is 0 Å². The van der Waals surface area contributed by atoms with Gasteiger partial charge in [-0.25, -0.2) is 0 Å². The molecule has 32 heavy (non-hydrogen) atoms. The molecule has 0 spiro atoms. The van der Waals surface area contributed by atoms with Gasteiger partial charge in [-0.3, -0.25) is 9.69 Å². The minimum Gasteiger partial charge on any atom is -0.496 e. The second-order valence-corrected chi connectivity index (χ2v) is 8.52. The lowest BCUT2D eigenvalue weighted by Crippen LogP contribution is -2.33. The van der Waals surface area contributed by atoms with Gasteiger partial charge in [0.1, 0.15) is 5.75 Å². The van der Waals surface area contributed by atoms with Gasteiger partial charge in [-0.05, 0) is 58.6 Å². The maximum absolute atomic E-state index is 12.7. The van der Waals surface area contributed by atoms with E-state index in [9.17, 15) is 4.79 Å². The molecule has 3 aromatic carbocycles. The van der Waals surface area contributed by atoms with E-state index < -0.39 is 0 Å². The van der Waals surface area contributed by atoms with E-state index in [1.807, 2.05) is 49.4 Å². The molecule has 0 aliphatic carbocycles. The van der Waals surface area contributed by atoms with Crippen molar-refractivity contribution in [2.45, 2.75) is 38.9 Å². The standard InChI is InChI=1S/C27H30BrNO3/c1-4-32-27(30)18-25(23-15-16-26(31-3)24(28)17-23)29(19-21-11-7-5-8-12-21)20(2)22-13-9-6-10-14-22/h5-17,20,25H,4,18-19H2,1-3H3/t20-,25+/m1/s1. The zero-order chi connectivity index (χ0) is 22.9. The third-order valence-corrected chi connectivity index (χ3v) is 6.23. The first-order valence-corrected chi connectivity index (χ1v) is 11.7. The fraction of sp³-hybridized carbons (Fsp3) is 0.296. The first-order valence-electron chi connectivity index (χ1n) is 10.9. The first kappa shape index (κ1) is 24.0. The van der Waals surface area contributed by atoms with Gasteiger partial charge in [0.2, 0.25) is 0 Å². The van der Waals surface area contributed by atoms with Crippen molar-refractivity contribution in [2.75, 3.05) is 13.7 Å². The molecular weight excluding hydrogens is 466 g/mol. The van der Waals surface area contributed by atoms with Gasteiger partial charge in [0, 0.05) is 18.6 Å². The quantitative estimate of drug-likeness (QED) is 0.292. The average molecular weight is 496 g/mol. The Labute approximate surface area is 199 Å². The van der Waals surface area contributed by atoms with Gasteiger partial charge in [0.15, 0.2) is 0 Å². The third kappa shape index (κ3) is 6.21. The summed E-state index contributed by atoms with van der Waals surface area (Å²) in [7, 11) is 1.65. The second kappa shape index (κ2) is 11.8. The number of benzene rings is 3. The lowest BCUT2D eigenvalue weighted by molar-refractivity contribution is -0.145. The van der Waals surface area contributed by atoms with Crippen LogP contribution < -0.4 is 4.74 Å². The number of hydrogen-bond donors (Lipinski definition) is 0. The fourth-order valence-electron chi connectivity index (χ4n) is 3.93. The summed E-state index contributed by atoms with van der Waals surface area (Å²) in [5.74, 6) is 0.553. The van der Waals surface area contributed by atoms with Crippen molar-refractivity contribution in [1.29, 1.82) is 0 Å². The van der Waals surface area contributed by atoms with E-state index in [1.54, 1.807) is 7.11 Å². The van der Waals surface area contributed by atoms with Crippen molar-refractivity contribution >= 4 is 21.9 Å². The average Bonchev–Trinajstić information content (AvgIpc) is 2.82. The van der Waals surface area contributed by atoms with Gasteiger partial charge >= 0.3 is 5.97 Å². The summed E-state index contributed by atoms with van der Waals surface area (Å²) in [5.41, 5.74) is 3.42. The van der Waals surface area contributed by atoms with Crippen LogP contribution in [0.1, 0.15) is 49.0 Å². The van der Waals surface area contributed by atoms with Crippen LogP contribution in [0.5, 0.6) is 5.75 Å². The first-order chi connectivity index (χ1) is 15.5. The van der Waals surface area contributed by atoms with Crippen molar-refractivity contribution in [3.8, 4) is 5.75 Å². The number of rotatable bonds is 10. The minimum atomic E-state index is -0.206. The predicted molar refractivity (Wildman–Crippen MR) is 132 cm³/mol. The molecule has 0 unspecified atom stereocenters. The van der Waals surface area contributed by atoms with Gasteiger partial charge in [-0.1, -0.05) is 66.7 Å². The number of methoxy groups -OCH3 is 1. The van der Waals surface area contributed by atoms with Crippen molar-refractivity contribution in [3.63, 3.8) is 0 Å². The lowest BCUT2D eigenvalue weighted by atomic mass is 9.96. The van der Waals surface area contributed by atoms with E-state index in [2.05, 4.69) is 64.2 Å². The zero-order valence-corrected chi connectivity index (χ0v) is 20.4. The van der Waals surface area contributed by atoms with Gasteiger partial charge in [0.05, 0.1) is 24.6 Å². The van der Waals surface area contributed by atoms with Crippen LogP contribution in [-0.2, 0) is 16.1 Å². The van der Waals surface area contributed by atoms with Crippen molar-refractivity contribution < 1.29 is 14.3 Å². The predicted octanol–water partition coefficient (Wildman–Crippen LogP) is 6.72. The largest absolute Gasteiger partial charge is 0.496 e. The van der Waals surface area contributed by atoms with Crippen LogP contribution in [0.4, 0.5) is 0 Å². The smallest absolute Gasteiger partial charge is 0.307 e. The Morgan fingerprint density at radius 2 is 1.62 bits per heavy atom. The Bertz CT molecular complexity index is 994. The van der Waals surface area contributed by atoms with Crippen LogP contribution in [0.2, 0.25) is 0 Å². The molecule has 168 valence electrons. The highest BCUT2D eigenvalue weighted by Crippen LogP contribution is 2.37. The van der Waals surface area contributed by atoms with E-state index in [0.29, 0.717) is 13.2 Å². The summed E-state index contributed by atoms with van der Waals surface area (Å²) in [5, 5.41) is 0. The van der Waals surface area contributed by atoms with Crippen LogP contribution in [0.25, 0.3) is 0 Å². The summed E-state index contributed by atoms with van der Waals surface area (Å²) in [6, 6.07) is 26.7. The Hall–Kier alpha value is -2.63. The van der Waals surface area contributed by atoms with Crippen LogP contribution in [-0.4, -0.2) is 24.6 Å². The maximum atomic E-state index is 12.7. The number of ether oxygens (including phenoxy) is 2. The minimum absolute atomic E-state index is 0.0803. The lowest BCUT2D eigenvalue weighted by Gasteiger charge is -2.37. The highest BCUT2D eigenvalue weighted by Gasteiger charge is 2.29. The van der Waals surface area contributed by atoms with Crippen molar-refractivity contribution in [1.82, 2.24) is 4.90 Å². The van der Waals surface area contributed by atoms with Crippen LogP contribution in [0, 0.1) is 0 Å². The second-order valence-electron chi connectivity index (χ2n) is 7.66. The number of esters is 1. The van der Waals surface area contributed by atoms with Gasteiger partial charge in [0.25, 0.3) is 0 Å². The Morgan fingerprint density at radius 3 is 2.22 bits per heavy atom. The Kier molecular flexibility index (Phi) is 8.89. The molecule has 0 heterocycles.